The fraction of sp³-hybridized carbons (Fsp3) is 0.562. The molecule has 2 fully saturated rings. The molecule has 3 rings (SSSR count). The lowest BCUT2D eigenvalue weighted by Crippen LogP contribution is -2.39. The minimum Gasteiger partial charge on any atom is -0.375 e. The summed E-state index contributed by atoms with van der Waals surface area (Å²) in [6.07, 6.45) is 6.46. The Kier molecular flexibility index (Phi) is 4.34. The van der Waals surface area contributed by atoms with E-state index in [-0.39, 0.29) is 17.3 Å². The van der Waals surface area contributed by atoms with E-state index in [0.29, 0.717) is 0 Å². The van der Waals surface area contributed by atoms with Gasteiger partial charge in [-0.3, -0.25) is 4.79 Å². The Bertz CT molecular complexity index is 521. The molecule has 2 aliphatic rings. The number of benzene rings is 1. The first-order valence-corrected chi connectivity index (χ1v) is 8.81. The third-order valence-electron chi connectivity index (χ3n) is 4.57. The van der Waals surface area contributed by atoms with Crippen LogP contribution < -0.4 is 0 Å². The number of hydrogen-bond acceptors (Lipinski definition) is 2. The van der Waals surface area contributed by atoms with Crippen LogP contribution in [0.5, 0.6) is 0 Å². The molecule has 4 heteroatoms. The molecule has 1 saturated heterocycles. The molecular formula is C16H18Br2O2. The van der Waals surface area contributed by atoms with Crippen molar-refractivity contribution >= 4 is 37.6 Å². The van der Waals surface area contributed by atoms with Crippen LogP contribution in [0.15, 0.2) is 27.1 Å². The van der Waals surface area contributed by atoms with Crippen molar-refractivity contribution in [3.8, 4) is 0 Å². The number of hydrogen-bond donors (Lipinski definition) is 0. The van der Waals surface area contributed by atoms with Gasteiger partial charge in [-0.05, 0) is 43.9 Å². The van der Waals surface area contributed by atoms with Gasteiger partial charge in [0, 0.05) is 27.0 Å². The molecule has 1 atom stereocenters. The van der Waals surface area contributed by atoms with Gasteiger partial charge in [0.2, 0.25) is 0 Å². The Labute approximate surface area is 136 Å². The van der Waals surface area contributed by atoms with Crippen molar-refractivity contribution in [2.24, 2.45) is 5.92 Å². The second-order valence-electron chi connectivity index (χ2n) is 5.92. The van der Waals surface area contributed by atoms with Crippen LogP contribution in [-0.4, -0.2) is 18.0 Å². The van der Waals surface area contributed by atoms with Crippen LogP contribution in [0.2, 0.25) is 0 Å². The van der Waals surface area contributed by atoms with Gasteiger partial charge >= 0.3 is 0 Å². The van der Waals surface area contributed by atoms with Crippen LogP contribution in [-0.2, 0) is 4.74 Å². The molecule has 0 radical (unpaired) electrons. The first-order chi connectivity index (χ1) is 9.60. The number of carbonyl (C=O) groups is 1. The average molecular weight is 402 g/mol. The van der Waals surface area contributed by atoms with Crippen molar-refractivity contribution in [2.45, 2.75) is 44.1 Å². The Morgan fingerprint density at radius 3 is 2.75 bits per heavy atom. The monoisotopic (exact) mass is 400 g/mol. The highest BCUT2D eigenvalue weighted by Crippen LogP contribution is 2.43. The zero-order valence-electron chi connectivity index (χ0n) is 11.3. The highest BCUT2D eigenvalue weighted by atomic mass is 79.9. The molecule has 0 bridgehead atoms. The van der Waals surface area contributed by atoms with E-state index in [1.54, 1.807) is 0 Å². The fourth-order valence-corrected chi connectivity index (χ4v) is 4.33. The standard InChI is InChI=1S/C16H18Br2O2/c17-12-3-4-14(18)13(9-12)15(19)11-5-8-20-16(10-11)6-1-2-7-16/h3-4,9,11H,1-2,5-8,10H2. The van der Waals surface area contributed by atoms with E-state index < -0.39 is 0 Å². The van der Waals surface area contributed by atoms with Gasteiger partial charge < -0.3 is 4.74 Å². The van der Waals surface area contributed by atoms with E-state index in [0.717, 1.165) is 46.8 Å². The van der Waals surface area contributed by atoms with Crippen molar-refractivity contribution in [1.82, 2.24) is 0 Å². The molecular weight excluding hydrogens is 384 g/mol. The number of ketones is 1. The van der Waals surface area contributed by atoms with Gasteiger partial charge in [0.25, 0.3) is 0 Å². The highest BCUT2D eigenvalue weighted by molar-refractivity contribution is 9.11. The molecule has 1 heterocycles. The third kappa shape index (κ3) is 2.88. The van der Waals surface area contributed by atoms with Crippen LogP contribution in [0.4, 0.5) is 0 Å². The summed E-state index contributed by atoms with van der Waals surface area (Å²) in [5.74, 6) is 0.361. The molecule has 0 amide bonds. The summed E-state index contributed by atoms with van der Waals surface area (Å²) in [6.45, 7) is 0.724. The van der Waals surface area contributed by atoms with E-state index >= 15 is 0 Å². The predicted molar refractivity (Wildman–Crippen MR) is 86.0 cm³/mol. The average Bonchev–Trinajstić information content (AvgIpc) is 2.88. The Balaban J connectivity index is 1.81. The molecule has 1 aromatic carbocycles. The van der Waals surface area contributed by atoms with Gasteiger partial charge in [-0.15, -0.1) is 0 Å². The summed E-state index contributed by atoms with van der Waals surface area (Å²) in [5, 5.41) is 0. The van der Waals surface area contributed by atoms with E-state index in [4.69, 9.17) is 4.74 Å². The molecule has 0 aromatic heterocycles. The van der Waals surface area contributed by atoms with E-state index in [2.05, 4.69) is 31.9 Å². The molecule has 1 saturated carbocycles. The van der Waals surface area contributed by atoms with Crippen LogP contribution >= 0.6 is 31.9 Å². The quantitative estimate of drug-likeness (QED) is 0.641. The molecule has 20 heavy (non-hydrogen) atoms. The fourth-order valence-electron chi connectivity index (χ4n) is 3.53. The van der Waals surface area contributed by atoms with Crippen molar-refractivity contribution in [3.05, 3.63) is 32.7 Å². The molecule has 1 aliphatic carbocycles. The first kappa shape index (κ1) is 14.7. The summed E-state index contributed by atoms with van der Waals surface area (Å²) in [7, 11) is 0. The molecule has 1 aliphatic heterocycles. The van der Waals surface area contributed by atoms with E-state index in [1.807, 2.05) is 18.2 Å². The van der Waals surface area contributed by atoms with Gasteiger partial charge in [0.15, 0.2) is 5.78 Å². The summed E-state index contributed by atoms with van der Waals surface area (Å²) in [6, 6.07) is 5.80. The molecule has 0 N–H and O–H groups in total. The second kappa shape index (κ2) is 5.90. The Morgan fingerprint density at radius 1 is 1.25 bits per heavy atom. The van der Waals surface area contributed by atoms with Gasteiger partial charge in [-0.25, -0.2) is 0 Å². The van der Waals surface area contributed by atoms with Gasteiger partial charge in [-0.2, -0.15) is 0 Å². The van der Waals surface area contributed by atoms with Crippen molar-refractivity contribution in [2.75, 3.05) is 6.61 Å². The van der Waals surface area contributed by atoms with E-state index in [9.17, 15) is 4.79 Å². The molecule has 1 unspecified atom stereocenters. The Morgan fingerprint density at radius 2 is 2.00 bits per heavy atom. The van der Waals surface area contributed by atoms with Crippen LogP contribution in [0.25, 0.3) is 0 Å². The van der Waals surface area contributed by atoms with Crippen LogP contribution in [0.3, 0.4) is 0 Å². The first-order valence-electron chi connectivity index (χ1n) is 7.23. The lowest BCUT2D eigenvalue weighted by molar-refractivity contribution is -0.0866. The number of halogens is 2. The van der Waals surface area contributed by atoms with Gasteiger partial charge in [-0.1, -0.05) is 44.7 Å². The zero-order valence-corrected chi connectivity index (χ0v) is 14.5. The predicted octanol–water partition coefficient (Wildman–Crippen LogP) is 5.13. The highest BCUT2D eigenvalue weighted by Gasteiger charge is 2.42. The SMILES string of the molecule is O=C(c1cc(Br)ccc1Br)C1CCOC2(CCCC2)C1. The normalized spacial score (nSPS) is 25.0. The topological polar surface area (TPSA) is 26.3 Å². The van der Waals surface area contributed by atoms with Crippen molar-refractivity contribution in [3.63, 3.8) is 0 Å². The maximum Gasteiger partial charge on any atom is 0.167 e. The summed E-state index contributed by atoms with van der Waals surface area (Å²) < 4.78 is 7.86. The van der Waals surface area contributed by atoms with E-state index in [1.165, 1.54) is 12.8 Å². The number of ether oxygens (including phenoxy) is 1. The number of Topliss-reactive ketones (excluding diaryl/α,β-unsaturated/α-hetero) is 1. The maximum absolute atomic E-state index is 12.8. The van der Waals surface area contributed by atoms with Crippen molar-refractivity contribution < 1.29 is 9.53 Å². The Hall–Kier alpha value is -0.190. The largest absolute Gasteiger partial charge is 0.375 e. The lowest BCUT2D eigenvalue weighted by atomic mass is 9.81. The molecule has 2 nitrogen and oxygen atoms in total. The minimum absolute atomic E-state index is 0.00291. The maximum atomic E-state index is 12.8. The number of carbonyl (C=O) groups excluding carboxylic acids is 1. The smallest absolute Gasteiger partial charge is 0.167 e. The molecule has 1 aromatic rings. The van der Waals surface area contributed by atoms with Crippen LogP contribution in [0, 0.1) is 5.92 Å². The number of rotatable bonds is 2. The van der Waals surface area contributed by atoms with Crippen molar-refractivity contribution in [1.29, 1.82) is 0 Å². The summed E-state index contributed by atoms with van der Waals surface area (Å²) in [4.78, 5) is 12.8. The summed E-state index contributed by atoms with van der Waals surface area (Å²) in [5.41, 5.74) is 0.788. The molecule has 108 valence electrons. The van der Waals surface area contributed by atoms with Gasteiger partial charge in [0.05, 0.1) is 5.60 Å². The van der Waals surface area contributed by atoms with Crippen LogP contribution in [0.1, 0.15) is 48.9 Å². The molecule has 1 spiro atoms. The zero-order chi connectivity index (χ0) is 14.2. The lowest BCUT2D eigenvalue weighted by Gasteiger charge is -2.37. The summed E-state index contributed by atoms with van der Waals surface area (Å²) >= 11 is 6.95. The third-order valence-corrected chi connectivity index (χ3v) is 5.76. The second-order valence-corrected chi connectivity index (χ2v) is 7.69. The van der Waals surface area contributed by atoms with Gasteiger partial charge in [0.1, 0.15) is 0 Å². The minimum atomic E-state index is -0.00291.